The van der Waals surface area contributed by atoms with Crippen LogP contribution in [0.15, 0.2) is 30.3 Å². The standard InChI is InChI=1S/C16H12ClF4N3O4/c1-2-22(8-9-11(17)4-3-5-12(9)18)15-13(23(25)26)7-6-10(16(19,20)21)14(15)24(27)28/h3-7H,2,8H2,1H3. The Morgan fingerprint density at radius 1 is 1.11 bits per heavy atom. The first kappa shape index (κ1) is 21.4. The molecule has 0 N–H and O–H groups in total. The van der Waals surface area contributed by atoms with Crippen LogP contribution in [0.1, 0.15) is 18.1 Å². The molecule has 0 fully saturated rings. The van der Waals surface area contributed by atoms with Crippen molar-refractivity contribution < 1.29 is 27.4 Å². The highest BCUT2D eigenvalue weighted by atomic mass is 35.5. The zero-order chi connectivity index (χ0) is 21.2. The summed E-state index contributed by atoms with van der Waals surface area (Å²) in [5, 5.41) is 22.7. The van der Waals surface area contributed by atoms with E-state index >= 15 is 0 Å². The van der Waals surface area contributed by atoms with E-state index in [1.807, 2.05) is 0 Å². The molecule has 0 atom stereocenters. The number of rotatable bonds is 6. The van der Waals surface area contributed by atoms with Crippen LogP contribution in [0.25, 0.3) is 0 Å². The van der Waals surface area contributed by atoms with E-state index in [0.29, 0.717) is 6.07 Å². The van der Waals surface area contributed by atoms with Crippen molar-refractivity contribution in [1.82, 2.24) is 0 Å². The van der Waals surface area contributed by atoms with Crippen LogP contribution in [-0.4, -0.2) is 16.4 Å². The molecule has 0 bridgehead atoms. The Morgan fingerprint density at radius 3 is 2.21 bits per heavy atom. The summed E-state index contributed by atoms with van der Waals surface area (Å²) in [4.78, 5) is 21.3. The van der Waals surface area contributed by atoms with E-state index in [-0.39, 0.29) is 23.2 Å². The summed E-state index contributed by atoms with van der Waals surface area (Å²) in [5.41, 5.74) is -5.06. The van der Waals surface area contributed by atoms with Crippen LogP contribution in [0.3, 0.4) is 0 Å². The lowest BCUT2D eigenvalue weighted by Crippen LogP contribution is -2.26. The van der Waals surface area contributed by atoms with Crippen molar-refractivity contribution in [2.45, 2.75) is 19.6 Å². The first-order valence-corrected chi connectivity index (χ1v) is 8.07. The molecule has 28 heavy (non-hydrogen) atoms. The molecule has 0 aliphatic heterocycles. The Kier molecular flexibility index (Phi) is 6.07. The molecule has 150 valence electrons. The van der Waals surface area contributed by atoms with E-state index in [1.54, 1.807) is 0 Å². The van der Waals surface area contributed by atoms with E-state index in [0.717, 1.165) is 11.0 Å². The first-order valence-electron chi connectivity index (χ1n) is 7.69. The zero-order valence-corrected chi connectivity index (χ0v) is 14.9. The predicted octanol–water partition coefficient (Wildman–Crippen LogP) is 5.34. The van der Waals surface area contributed by atoms with E-state index < -0.39 is 51.0 Å². The lowest BCUT2D eigenvalue weighted by Gasteiger charge is -2.24. The Bertz CT molecular complexity index is 917. The van der Waals surface area contributed by atoms with Crippen LogP contribution < -0.4 is 4.90 Å². The van der Waals surface area contributed by atoms with Gasteiger partial charge in [-0.25, -0.2) is 4.39 Å². The molecule has 0 saturated heterocycles. The molecule has 12 heteroatoms. The second kappa shape index (κ2) is 7.97. The number of nitro groups is 2. The summed E-state index contributed by atoms with van der Waals surface area (Å²) >= 11 is 5.91. The van der Waals surface area contributed by atoms with Gasteiger partial charge in [0.2, 0.25) is 0 Å². The summed E-state index contributed by atoms with van der Waals surface area (Å²) in [6, 6.07) is 4.49. The van der Waals surface area contributed by atoms with E-state index in [4.69, 9.17) is 11.6 Å². The molecule has 0 heterocycles. The molecule has 0 aromatic heterocycles. The third-order valence-corrected chi connectivity index (χ3v) is 4.28. The normalized spacial score (nSPS) is 11.4. The van der Waals surface area contributed by atoms with Gasteiger partial charge in [0.1, 0.15) is 11.4 Å². The van der Waals surface area contributed by atoms with Gasteiger partial charge in [0.25, 0.3) is 5.69 Å². The Morgan fingerprint density at radius 2 is 1.75 bits per heavy atom. The minimum absolute atomic E-state index is 0.0734. The third kappa shape index (κ3) is 4.14. The van der Waals surface area contributed by atoms with Gasteiger partial charge in [0.15, 0.2) is 5.69 Å². The average molecular weight is 422 g/mol. The summed E-state index contributed by atoms with van der Waals surface area (Å²) < 4.78 is 53.9. The summed E-state index contributed by atoms with van der Waals surface area (Å²) in [6.07, 6.45) is -5.12. The second-order valence-corrected chi connectivity index (χ2v) is 5.96. The third-order valence-electron chi connectivity index (χ3n) is 3.92. The van der Waals surface area contributed by atoms with Crippen molar-refractivity contribution >= 4 is 28.7 Å². The lowest BCUT2D eigenvalue weighted by atomic mass is 10.1. The quantitative estimate of drug-likeness (QED) is 0.357. The van der Waals surface area contributed by atoms with Crippen molar-refractivity contribution in [3.63, 3.8) is 0 Å². The number of halogens is 5. The molecule has 0 saturated carbocycles. The molecular weight excluding hydrogens is 410 g/mol. The highest BCUT2D eigenvalue weighted by Crippen LogP contribution is 2.46. The monoisotopic (exact) mass is 421 g/mol. The van der Waals surface area contributed by atoms with Gasteiger partial charge >= 0.3 is 11.9 Å². The summed E-state index contributed by atoms with van der Waals surface area (Å²) in [6.45, 7) is 0.709. The van der Waals surface area contributed by atoms with Gasteiger partial charge in [0, 0.05) is 29.7 Å². The number of nitrogens with zero attached hydrogens (tertiary/aromatic N) is 3. The molecule has 0 radical (unpaired) electrons. The molecule has 0 amide bonds. The number of nitro benzene ring substituents is 2. The highest BCUT2D eigenvalue weighted by Gasteiger charge is 2.44. The fourth-order valence-electron chi connectivity index (χ4n) is 2.66. The first-order chi connectivity index (χ1) is 13.0. The van der Waals surface area contributed by atoms with Crippen molar-refractivity contribution in [3.8, 4) is 0 Å². The minimum atomic E-state index is -5.12. The van der Waals surface area contributed by atoms with E-state index in [2.05, 4.69) is 0 Å². The van der Waals surface area contributed by atoms with Crippen molar-refractivity contribution in [1.29, 1.82) is 0 Å². The molecule has 2 aromatic carbocycles. The maximum Gasteiger partial charge on any atom is 0.423 e. The fourth-order valence-corrected chi connectivity index (χ4v) is 2.89. The van der Waals surface area contributed by atoms with Crippen molar-refractivity contribution in [2.75, 3.05) is 11.4 Å². The number of benzene rings is 2. The molecule has 0 aliphatic rings. The Labute approximate surface area is 160 Å². The topological polar surface area (TPSA) is 89.5 Å². The van der Waals surface area contributed by atoms with E-state index in [9.17, 15) is 37.8 Å². The van der Waals surface area contributed by atoms with Gasteiger partial charge in [-0.1, -0.05) is 17.7 Å². The molecular formula is C16H12ClF4N3O4. The van der Waals surface area contributed by atoms with Gasteiger partial charge in [-0.3, -0.25) is 20.2 Å². The number of hydrogen-bond donors (Lipinski definition) is 0. The van der Waals surface area contributed by atoms with Crippen LogP contribution >= 0.6 is 11.6 Å². The van der Waals surface area contributed by atoms with Gasteiger partial charge in [-0.2, -0.15) is 13.2 Å². The summed E-state index contributed by atoms with van der Waals surface area (Å²) in [7, 11) is 0. The smallest absolute Gasteiger partial charge is 0.356 e. The molecule has 2 rings (SSSR count). The lowest BCUT2D eigenvalue weighted by molar-refractivity contribution is -0.394. The number of hydrogen-bond acceptors (Lipinski definition) is 5. The molecule has 2 aromatic rings. The Hall–Kier alpha value is -2.95. The molecule has 0 unspecified atom stereocenters. The maximum absolute atomic E-state index is 14.1. The SMILES string of the molecule is CCN(Cc1c(F)cccc1Cl)c1c([N+](=O)[O-])ccc(C(F)(F)F)c1[N+](=O)[O-]. The fraction of sp³-hybridized carbons (Fsp3) is 0.250. The van der Waals surface area contributed by atoms with Gasteiger partial charge in [-0.15, -0.1) is 0 Å². The molecule has 7 nitrogen and oxygen atoms in total. The van der Waals surface area contributed by atoms with Crippen LogP contribution in [0.5, 0.6) is 0 Å². The maximum atomic E-state index is 14.1. The highest BCUT2D eigenvalue weighted by molar-refractivity contribution is 6.31. The number of anilines is 1. The molecule has 0 aliphatic carbocycles. The Balaban J connectivity index is 2.78. The van der Waals surface area contributed by atoms with Crippen molar-refractivity contribution in [3.05, 3.63) is 72.5 Å². The zero-order valence-electron chi connectivity index (χ0n) is 14.2. The average Bonchev–Trinajstić information content (AvgIpc) is 2.59. The number of alkyl halides is 3. The molecule has 0 spiro atoms. The van der Waals surface area contributed by atoms with Crippen LogP contribution in [-0.2, 0) is 12.7 Å². The van der Waals surface area contributed by atoms with Gasteiger partial charge in [-0.05, 0) is 25.1 Å². The minimum Gasteiger partial charge on any atom is -0.356 e. The van der Waals surface area contributed by atoms with Gasteiger partial charge < -0.3 is 4.90 Å². The van der Waals surface area contributed by atoms with Crippen molar-refractivity contribution in [2.24, 2.45) is 0 Å². The van der Waals surface area contributed by atoms with Crippen LogP contribution in [0.4, 0.5) is 34.6 Å². The van der Waals surface area contributed by atoms with Gasteiger partial charge in [0.05, 0.1) is 9.85 Å². The van der Waals surface area contributed by atoms with Crippen LogP contribution in [0.2, 0.25) is 5.02 Å². The van der Waals surface area contributed by atoms with E-state index in [1.165, 1.54) is 19.1 Å². The summed E-state index contributed by atoms with van der Waals surface area (Å²) in [5.74, 6) is -0.803. The largest absolute Gasteiger partial charge is 0.423 e. The predicted molar refractivity (Wildman–Crippen MR) is 92.9 cm³/mol. The van der Waals surface area contributed by atoms with Crippen LogP contribution in [0, 0.1) is 26.0 Å². The second-order valence-electron chi connectivity index (χ2n) is 5.56.